The minimum atomic E-state index is -0.802. The highest BCUT2D eigenvalue weighted by atomic mass is 16.5. The van der Waals surface area contributed by atoms with Gasteiger partial charge in [0.25, 0.3) is 0 Å². The number of carbonyl (C=O) groups is 5. The number of alkyl carbamates (subject to hydrolysis) is 2. The summed E-state index contributed by atoms with van der Waals surface area (Å²) in [6.45, 7) is 8.41. The zero-order valence-corrected chi connectivity index (χ0v) is 30.5. The van der Waals surface area contributed by atoms with E-state index in [0.717, 1.165) is 35.4 Å². The number of hydrogen-bond acceptors (Lipinski definition) is 9. The fourth-order valence-electron chi connectivity index (χ4n) is 6.70. The number of imidazole rings is 1. The fourth-order valence-corrected chi connectivity index (χ4v) is 6.70. The Kier molecular flexibility index (Phi) is 12.1. The third kappa shape index (κ3) is 8.52. The maximum Gasteiger partial charge on any atom is 0.407 e. The molecule has 2 aromatic heterocycles. The smallest absolute Gasteiger partial charge is 0.407 e. The number of nitrogens with one attached hydrogen (secondary N) is 4. The van der Waals surface area contributed by atoms with Gasteiger partial charge in [0, 0.05) is 36.1 Å². The van der Waals surface area contributed by atoms with Gasteiger partial charge < -0.3 is 40.2 Å². The van der Waals surface area contributed by atoms with Crippen LogP contribution in [-0.4, -0.2) is 100 Å². The van der Waals surface area contributed by atoms with Gasteiger partial charge in [-0.3, -0.25) is 19.4 Å². The van der Waals surface area contributed by atoms with Gasteiger partial charge in [-0.1, -0.05) is 39.8 Å². The summed E-state index contributed by atoms with van der Waals surface area (Å²) in [5.74, 6) is -0.409. The molecule has 2 aliphatic heterocycles. The number of anilines is 1. The Hall–Kier alpha value is -5.47. The highest BCUT2D eigenvalue weighted by Gasteiger charge is 2.39. The van der Waals surface area contributed by atoms with Crippen LogP contribution < -0.4 is 16.0 Å². The molecule has 15 nitrogen and oxygen atoms in total. The predicted molar refractivity (Wildman–Crippen MR) is 193 cm³/mol. The number of pyridine rings is 1. The van der Waals surface area contributed by atoms with Crippen molar-refractivity contribution in [1.82, 2.24) is 35.4 Å². The molecule has 4 N–H and O–H groups in total. The summed E-state index contributed by atoms with van der Waals surface area (Å²) in [4.78, 5) is 79.8. The van der Waals surface area contributed by atoms with Crippen molar-refractivity contribution in [1.29, 1.82) is 0 Å². The number of methoxy groups -OCH3 is 2. The maximum atomic E-state index is 13.5. The number of aromatic nitrogens is 3. The Morgan fingerprint density at radius 1 is 0.750 bits per heavy atom. The first-order valence-electron chi connectivity index (χ1n) is 17.6. The van der Waals surface area contributed by atoms with E-state index in [-0.39, 0.29) is 35.6 Å². The molecule has 5 amide bonds. The second-order valence-electron chi connectivity index (χ2n) is 13.8. The van der Waals surface area contributed by atoms with Crippen LogP contribution in [0.4, 0.5) is 15.3 Å². The number of H-pyrrole nitrogens is 1. The van der Waals surface area contributed by atoms with Gasteiger partial charge in [-0.25, -0.2) is 14.6 Å². The zero-order chi connectivity index (χ0) is 37.5. The molecular weight excluding hydrogens is 668 g/mol. The number of ether oxygens (including phenoxy) is 2. The lowest BCUT2D eigenvalue weighted by Gasteiger charge is -2.30. The summed E-state index contributed by atoms with van der Waals surface area (Å²) in [6, 6.07) is 8.74. The number of rotatable bonds is 11. The molecule has 278 valence electrons. The number of carbonyl (C=O) groups excluding carboxylic acids is 5. The monoisotopic (exact) mass is 716 g/mol. The second kappa shape index (κ2) is 16.7. The van der Waals surface area contributed by atoms with E-state index in [2.05, 4.69) is 35.6 Å². The van der Waals surface area contributed by atoms with Crippen molar-refractivity contribution in [2.45, 2.75) is 77.5 Å². The Balaban J connectivity index is 1.21. The van der Waals surface area contributed by atoms with Crippen molar-refractivity contribution in [3.8, 4) is 22.5 Å². The minimum absolute atomic E-state index is 0.124. The van der Waals surface area contributed by atoms with Crippen molar-refractivity contribution in [3.63, 3.8) is 0 Å². The van der Waals surface area contributed by atoms with Crippen molar-refractivity contribution in [2.24, 2.45) is 11.8 Å². The molecule has 1 aromatic carbocycles. The summed E-state index contributed by atoms with van der Waals surface area (Å²) in [5, 5.41) is 8.19. The zero-order valence-electron chi connectivity index (χ0n) is 30.5. The van der Waals surface area contributed by atoms with Crippen molar-refractivity contribution in [2.75, 3.05) is 32.6 Å². The lowest BCUT2D eigenvalue weighted by Crippen LogP contribution is -2.54. The minimum Gasteiger partial charge on any atom is -0.453 e. The van der Waals surface area contributed by atoms with E-state index in [1.54, 1.807) is 29.4 Å². The van der Waals surface area contributed by atoms with Crippen LogP contribution in [0.1, 0.15) is 65.2 Å². The Morgan fingerprint density at radius 2 is 1.33 bits per heavy atom. The fraction of sp³-hybridized carbons (Fsp3) is 0.486. The molecule has 0 spiro atoms. The molecule has 3 aromatic rings. The predicted octanol–water partition coefficient (Wildman–Crippen LogP) is 4.49. The molecule has 4 atom stereocenters. The molecule has 2 fully saturated rings. The number of amides is 5. The van der Waals surface area contributed by atoms with Gasteiger partial charge in [-0.2, -0.15) is 0 Å². The Labute approximate surface area is 303 Å². The normalized spacial score (nSPS) is 18.2. The van der Waals surface area contributed by atoms with Crippen LogP contribution in [0.3, 0.4) is 0 Å². The van der Waals surface area contributed by atoms with Crippen LogP contribution >= 0.6 is 0 Å². The van der Waals surface area contributed by atoms with E-state index < -0.39 is 30.3 Å². The number of hydrogen-bond donors (Lipinski definition) is 4. The van der Waals surface area contributed by atoms with Gasteiger partial charge in [-0.15, -0.1) is 0 Å². The first-order chi connectivity index (χ1) is 24.9. The van der Waals surface area contributed by atoms with Gasteiger partial charge >= 0.3 is 12.2 Å². The number of likely N-dealkylation sites (tertiary alicyclic amines) is 2. The molecule has 0 saturated carbocycles. The molecule has 52 heavy (non-hydrogen) atoms. The molecule has 0 unspecified atom stereocenters. The molecule has 0 bridgehead atoms. The molecule has 2 saturated heterocycles. The van der Waals surface area contributed by atoms with Gasteiger partial charge in [0.15, 0.2) is 0 Å². The molecule has 0 aliphatic carbocycles. The molecule has 15 heteroatoms. The quantitative estimate of drug-likeness (QED) is 0.222. The van der Waals surface area contributed by atoms with Crippen LogP contribution in [0.5, 0.6) is 0 Å². The summed E-state index contributed by atoms with van der Waals surface area (Å²) < 4.78 is 9.41. The van der Waals surface area contributed by atoms with Crippen molar-refractivity contribution < 1.29 is 33.4 Å². The summed E-state index contributed by atoms with van der Waals surface area (Å²) in [6.07, 6.45) is 4.92. The van der Waals surface area contributed by atoms with Crippen molar-refractivity contribution >= 4 is 35.6 Å². The molecule has 4 heterocycles. The van der Waals surface area contributed by atoms with Gasteiger partial charge in [0.1, 0.15) is 23.9 Å². The van der Waals surface area contributed by atoms with E-state index in [1.165, 1.54) is 19.1 Å². The third-order valence-electron chi connectivity index (χ3n) is 9.59. The maximum absolute atomic E-state index is 13.5. The van der Waals surface area contributed by atoms with Crippen LogP contribution in [0.15, 0.2) is 48.8 Å². The summed E-state index contributed by atoms with van der Waals surface area (Å²) in [7, 11) is 2.52. The van der Waals surface area contributed by atoms with Gasteiger partial charge in [0.05, 0.1) is 37.8 Å². The molecule has 0 radical (unpaired) electrons. The largest absolute Gasteiger partial charge is 0.453 e. The molecular formula is C37H48N8O7. The number of benzene rings is 1. The average molecular weight is 717 g/mol. The highest BCUT2D eigenvalue weighted by Crippen LogP contribution is 2.33. The van der Waals surface area contributed by atoms with Gasteiger partial charge in [-0.05, 0) is 61.8 Å². The third-order valence-corrected chi connectivity index (χ3v) is 9.59. The van der Waals surface area contributed by atoms with Crippen molar-refractivity contribution in [3.05, 3.63) is 54.6 Å². The lowest BCUT2D eigenvalue weighted by atomic mass is 10.0. The number of aromatic amines is 1. The second-order valence-corrected chi connectivity index (χ2v) is 13.8. The molecule has 2 aliphatic rings. The topological polar surface area (TPSA) is 188 Å². The summed E-state index contributed by atoms with van der Waals surface area (Å²) >= 11 is 0. The standard InChI is InChI=1S/C37H48N8O7/c1-21(2)30(42-36(49)51-5)34(47)44-17-7-9-28(44)32-39-20-27(41-32)24-13-16-26(38-19-24)23-11-14-25(15-12-23)40-33(46)29-10-8-18-45(29)35(48)31(22(3)4)43-37(50)52-6/h11-16,19-22,28-31H,7-10,17-18H2,1-6H3,(H,39,41)(H,40,46)(H,42,49)(H,43,50)/t28-,29-,30-,31-/m0/s1. The summed E-state index contributed by atoms with van der Waals surface area (Å²) in [5.41, 5.74) is 3.76. The first kappa shape index (κ1) is 37.8. The Bertz CT molecular complexity index is 1740. The van der Waals surface area contributed by atoms with Crippen LogP contribution in [0, 0.1) is 11.8 Å². The van der Waals surface area contributed by atoms with Crippen LogP contribution in [0.25, 0.3) is 22.5 Å². The Morgan fingerprint density at radius 3 is 1.90 bits per heavy atom. The van der Waals surface area contributed by atoms with E-state index in [1.807, 2.05) is 52.0 Å². The number of nitrogens with zero attached hydrogens (tertiary/aromatic N) is 4. The van der Waals surface area contributed by atoms with Crippen LogP contribution in [0.2, 0.25) is 0 Å². The van der Waals surface area contributed by atoms with E-state index in [4.69, 9.17) is 4.74 Å². The highest BCUT2D eigenvalue weighted by molar-refractivity contribution is 5.99. The SMILES string of the molecule is COC(=O)N[C@H](C(=O)N1CCC[C@H]1C(=O)Nc1ccc(-c2ccc(-c3cnc([C@@H]4CCCN4C(=O)[C@@H](NC(=O)OC)C(C)C)[nH]3)cn2)cc1)C(C)C. The molecule has 5 rings (SSSR count). The average Bonchev–Trinajstić information content (AvgIpc) is 3.94. The van der Waals surface area contributed by atoms with Crippen LogP contribution in [-0.2, 0) is 23.9 Å². The lowest BCUT2D eigenvalue weighted by molar-refractivity contribution is -0.139. The van der Waals surface area contributed by atoms with E-state index >= 15 is 0 Å². The van der Waals surface area contributed by atoms with E-state index in [0.29, 0.717) is 37.4 Å². The van der Waals surface area contributed by atoms with Gasteiger partial charge in [0.2, 0.25) is 17.7 Å². The first-order valence-corrected chi connectivity index (χ1v) is 17.6. The van der Waals surface area contributed by atoms with E-state index in [9.17, 15) is 24.0 Å².